The minimum atomic E-state index is -4.62. The van der Waals surface area contributed by atoms with Crippen LogP contribution in [0, 0.1) is 0 Å². The third-order valence-electron chi connectivity index (χ3n) is 4.46. The lowest BCUT2D eigenvalue weighted by molar-refractivity contribution is -0.138. The first-order valence-electron chi connectivity index (χ1n) is 8.56. The zero-order valence-corrected chi connectivity index (χ0v) is 16.8. The molecule has 0 saturated heterocycles. The molecule has 0 aliphatic heterocycles. The van der Waals surface area contributed by atoms with Gasteiger partial charge in [-0.05, 0) is 55.0 Å². The maximum atomic E-state index is 13.5. The highest BCUT2D eigenvalue weighted by Crippen LogP contribution is 2.38. The molecule has 0 radical (unpaired) electrons. The number of rotatable bonds is 6. The van der Waals surface area contributed by atoms with Crippen molar-refractivity contribution in [2.24, 2.45) is 0 Å². The number of furan rings is 1. The molecule has 3 rings (SSSR count). The monoisotopic (exact) mass is 443 g/mol. The summed E-state index contributed by atoms with van der Waals surface area (Å²) in [7, 11) is -4.16. The molecule has 1 atom stereocenters. The van der Waals surface area contributed by atoms with E-state index in [4.69, 9.17) is 16.0 Å². The Hall–Kier alpha value is -2.29. The predicted octanol–water partition coefficient (Wildman–Crippen LogP) is 5.90. The average Bonchev–Trinajstić information content (AvgIpc) is 3.18. The van der Waals surface area contributed by atoms with Gasteiger partial charge in [-0.3, -0.25) is 0 Å². The average molecular weight is 444 g/mol. The molecule has 0 aliphatic rings. The molecule has 154 valence electrons. The van der Waals surface area contributed by atoms with Gasteiger partial charge in [-0.1, -0.05) is 29.8 Å². The summed E-state index contributed by atoms with van der Waals surface area (Å²) >= 11 is 5.84. The molecule has 1 unspecified atom stereocenters. The van der Waals surface area contributed by atoms with E-state index in [0.29, 0.717) is 10.8 Å². The minimum absolute atomic E-state index is 0.0789. The van der Waals surface area contributed by atoms with Crippen LogP contribution in [0.5, 0.6) is 0 Å². The molecule has 29 heavy (non-hydrogen) atoms. The highest BCUT2D eigenvalue weighted by molar-refractivity contribution is 7.89. The standard InChI is InChI=1S/C20H17ClF3NO3S/c1-14(18-6-2-3-7-19(18)20(22,23)24)25(13-16-5-4-12-28-16)29(26,27)17-10-8-15(21)9-11-17/h2-12,14H,13H2,1H3. The van der Waals surface area contributed by atoms with Crippen LogP contribution < -0.4 is 0 Å². The second-order valence-corrected chi connectivity index (χ2v) is 8.67. The van der Waals surface area contributed by atoms with Gasteiger partial charge in [0.1, 0.15) is 5.76 Å². The first kappa shape index (κ1) is 21.4. The molecule has 3 aromatic rings. The van der Waals surface area contributed by atoms with Crippen LogP contribution >= 0.6 is 11.6 Å². The van der Waals surface area contributed by atoms with Crippen LogP contribution in [0.3, 0.4) is 0 Å². The number of halogens is 4. The summed E-state index contributed by atoms with van der Waals surface area (Å²) in [5.74, 6) is 0.305. The number of alkyl halides is 3. The number of nitrogens with zero attached hydrogens (tertiary/aromatic N) is 1. The lowest BCUT2D eigenvalue weighted by atomic mass is 10.0. The van der Waals surface area contributed by atoms with Crippen molar-refractivity contribution >= 4 is 21.6 Å². The Morgan fingerprint density at radius 1 is 1.03 bits per heavy atom. The van der Waals surface area contributed by atoms with E-state index in [1.165, 1.54) is 55.7 Å². The number of sulfonamides is 1. The van der Waals surface area contributed by atoms with Crippen molar-refractivity contribution in [3.63, 3.8) is 0 Å². The molecule has 0 aliphatic carbocycles. The van der Waals surface area contributed by atoms with Crippen molar-refractivity contribution in [3.8, 4) is 0 Å². The van der Waals surface area contributed by atoms with Gasteiger partial charge in [0, 0.05) is 11.1 Å². The van der Waals surface area contributed by atoms with E-state index in [1.54, 1.807) is 12.1 Å². The van der Waals surface area contributed by atoms with E-state index in [1.807, 2.05) is 0 Å². The van der Waals surface area contributed by atoms with Crippen molar-refractivity contribution in [1.82, 2.24) is 4.31 Å². The van der Waals surface area contributed by atoms with Crippen LogP contribution in [0.25, 0.3) is 0 Å². The first-order valence-corrected chi connectivity index (χ1v) is 10.4. The number of hydrogen-bond donors (Lipinski definition) is 0. The highest BCUT2D eigenvalue weighted by Gasteiger charge is 2.38. The van der Waals surface area contributed by atoms with Crippen molar-refractivity contribution in [2.45, 2.75) is 30.6 Å². The third-order valence-corrected chi connectivity index (χ3v) is 6.64. The van der Waals surface area contributed by atoms with Gasteiger partial charge in [0.25, 0.3) is 0 Å². The quantitative estimate of drug-likeness (QED) is 0.476. The van der Waals surface area contributed by atoms with Crippen LogP contribution in [0.1, 0.15) is 29.9 Å². The predicted molar refractivity (Wildman–Crippen MR) is 103 cm³/mol. The fraction of sp³-hybridized carbons (Fsp3) is 0.200. The van der Waals surface area contributed by atoms with Gasteiger partial charge in [0.05, 0.1) is 23.3 Å². The Kier molecular flexibility index (Phi) is 6.07. The first-order chi connectivity index (χ1) is 13.6. The molecular formula is C20H17ClF3NO3S. The Balaban J connectivity index is 2.10. The molecule has 2 aromatic carbocycles. The normalized spacial score (nSPS) is 13.6. The Bertz CT molecular complexity index is 1070. The fourth-order valence-electron chi connectivity index (χ4n) is 3.00. The fourth-order valence-corrected chi connectivity index (χ4v) is 4.71. The molecule has 0 bridgehead atoms. The number of hydrogen-bond acceptors (Lipinski definition) is 3. The third kappa shape index (κ3) is 4.66. The molecule has 1 aromatic heterocycles. The van der Waals surface area contributed by atoms with Crippen molar-refractivity contribution < 1.29 is 26.0 Å². The summed E-state index contributed by atoms with van der Waals surface area (Å²) in [6.45, 7) is 1.19. The van der Waals surface area contributed by atoms with E-state index in [2.05, 4.69) is 0 Å². The Labute approximate surface area is 171 Å². The van der Waals surface area contributed by atoms with Crippen molar-refractivity contribution in [3.05, 3.63) is 88.8 Å². The molecule has 0 saturated carbocycles. The van der Waals surface area contributed by atoms with Gasteiger partial charge in [-0.25, -0.2) is 8.42 Å². The van der Waals surface area contributed by atoms with Gasteiger partial charge in [-0.15, -0.1) is 0 Å². The summed E-state index contributed by atoms with van der Waals surface area (Å²) in [4.78, 5) is -0.0789. The lowest BCUT2D eigenvalue weighted by Crippen LogP contribution is -2.34. The van der Waals surface area contributed by atoms with Gasteiger partial charge in [-0.2, -0.15) is 17.5 Å². The summed E-state index contributed by atoms with van der Waals surface area (Å²) in [5, 5.41) is 0.344. The highest BCUT2D eigenvalue weighted by atomic mass is 35.5. The van der Waals surface area contributed by atoms with Crippen LogP contribution in [-0.4, -0.2) is 12.7 Å². The van der Waals surface area contributed by atoms with Crippen LogP contribution in [0.15, 0.2) is 76.2 Å². The molecule has 0 N–H and O–H groups in total. The lowest BCUT2D eigenvalue weighted by Gasteiger charge is -2.29. The van der Waals surface area contributed by atoms with Crippen molar-refractivity contribution in [1.29, 1.82) is 0 Å². The second kappa shape index (κ2) is 8.22. The molecule has 0 fully saturated rings. The van der Waals surface area contributed by atoms with E-state index in [0.717, 1.165) is 10.4 Å². The van der Waals surface area contributed by atoms with Crippen LogP contribution in [0.2, 0.25) is 5.02 Å². The summed E-state index contributed by atoms with van der Waals surface area (Å²) < 4.78 is 73.4. The minimum Gasteiger partial charge on any atom is -0.468 e. The van der Waals surface area contributed by atoms with Crippen LogP contribution in [-0.2, 0) is 22.7 Å². The molecule has 4 nitrogen and oxygen atoms in total. The molecule has 0 spiro atoms. The van der Waals surface area contributed by atoms with Gasteiger partial charge >= 0.3 is 6.18 Å². The Morgan fingerprint density at radius 3 is 2.28 bits per heavy atom. The van der Waals surface area contributed by atoms with Crippen molar-refractivity contribution in [2.75, 3.05) is 0 Å². The zero-order valence-electron chi connectivity index (χ0n) is 15.2. The zero-order chi connectivity index (χ0) is 21.2. The smallest absolute Gasteiger partial charge is 0.416 e. The molecule has 9 heteroatoms. The Morgan fingerprint density at radius 2 is 1.69 bits per heavy atom. The van der Waals surface area contributed by atoms with E-state index < -0.39 is 27.8 Å². The van der Waals surface area contributed by atoms with E-state index >= 15 is 0 Å². The maximum absolute atomic E-state index is 13.5. The molecule has 1 heterocycles. The van der Waals surface area contributed by atoms with E-state index in [-0.39, 0.29) is 17.0 Å². The van der Waals surface area contributed by atoms with Gasteiger partial charge in [0.15, 0.2) is 0 Å². The SMILES string of the molecule is CC(c1ccccc1C(F)(F)F)N(Cc1ccco1)S(=O)(=O)c1ccc(Cl)cc1. The maximum Gasteiger partial charge on any atom is 0.416 e. The molecule has 0 amide bonds. The van der Waals surface area contributed by atoms with Gasteiger partial charge in [0.2, 0.25) is 10.0 Å². The van der Waals surface area contributed by atoms with E-state index in [9.17, 15) is 21.6 Å². The van der Waals surface area contributed by atoms with Crippen LogP contribution in [0.4, 0.5) is 13.2 Å². The summed E-state index contributed by atoms with van der Waals surface area (Å²) in [6, 6.07) is 12.4. The summed E-state index contributed by atoms with van der Waals surface area (Å²) in [5.41, 5.74) is -1.03. The summed E-state index contributed by atoms with van der Waals surface area (Å²) in [6.07, 6.45) is -3.25. The molecular weight excluding hydrogens is 427 g/mol. The topological polar surface area (TPSA) is 50.5 Å². The second-order valence-electron chi connectivity index (χ2n) is 6.34. The number of benzene rings is 2. The van der Waals surface area contributed by atoms with Gasteiger partial charge < -0.3 is 4.42 Å². The largest absolute Gasteiger partial charge is 0.468 e.